The summed E-state index contributed by atoms with van der Waals surface area (Å²) in [6, 6.07) is 0. The van der Waals surface area contributed by atoms with Crippen molar-refractivity contribution in [3.8, 4) is 11.5 Å². The quantitative estimate of drug-likeness (QED) is 0.523. The minimum absolute atomic E-state index is 0.120. The molecule has 7 heteroatoms. The summed E-state index contributed by atoms with van der Waals surface area (Å²) in [5, 5.41) is 27.9. The molecule has 15 heavy (non-hydrogen) atoms. The topological polar surface area (TPSA) is 77.8 Å². The third kappa shape index (κ3) is 2.46. The Kier molecular flexibility index (Phi) is 4.02. The lowest BCUT2D eigenvalue weighted by Crippen LogP contribution is -2.02. The van der Waals surface area contributed by atoms with E-state index < -0.39 is 5.97 Å². The van der Waals surface area contributed by atoms with Gasteiger partial charge in [-0.3, -0.25) is 4.79 Å². The molecule has 0 radical (unpaired) electrons. The molecule has 0 aliphatic heterocycles. The zero-order valence-electron chi connectivity index (χ0n) is 7.09. The summed E-state index contributed by atoms with van der Waals surface area (Å²) >= 11 is 9.10. The van der Waals surface area contributed by atoms with Crippen molar-refractivity contribution < 1.29 is 20.1 Å². The third-order valence-corrected chi connectivity index (χ3v) is 4.63. The van der Waals surface area contributed by atoms with Crippen molar-refractivity contribution in [2.24, 2.45) is 0 Å². The van der Waals surface area contributed by atoms with Gasteiger partial charge in [-0.2, -0.15) is 0 Å². The molecule has 0 fully saturated rings. The van der Waals surface area contributed by atoms with Gasteiger partial charge in [-0.15, -0.1) is 0 Å². The van der Waals surface area contributed by atoms with E-state index in [1.54, 1.807) is 0 Å². The zero-order valence-corrected chi connectivity index (χ0v) is 11.8. The van der Waals surface area contributed by atoms with Gasteiger partial charge < -0.3 is 15.3 Å². The molecule has 1 aromatic rings. The van der Waals surface area contributed by atoms with Crippen molar-refractivity contribution in [3.63, 3.8) is 0 Å². The Morgan fingerprint density at radius 3 is 1.93 bits per heavy atom. The number of aromatic hydroxyl groups is 2. The molecule has 0 heterocycles. The van der Waals surface area contributed by atoms with E-state index in [0.29, 0.717) is 0 Å². The van der Waals surface area contributed by atoms with Crippen LogP contribution in [0.3, 0.4) is 0 Å². The van der Waals surface area contributed by atoms with E-state index in [2.05, 4.69) is 47.8 Å². The highest BCUT2D eigenvalue weighted by Crippen LogP contribution is 2.46. The second-order valence-corrected chi connectivity index (χ2v) is 5.07. The maximum atomic E-state index is 10.5. The number of phenols is 2. The Balaban J connectivity index is 3.45. The van der Waals surface area contributed by atoms with Gasteiger partial charge in [-0.05, 0) is 47.8 Å². The minimum Gasteiger partial charge on any atom is -0.506 e. The molecule has 3 N–H and O–H groups in total. The van der Waals surface area contributed by atoms with Crippen LogP contribution < -0.4 is 0 Å². The lowest BCUT2D eigenvalue weighted by atomic mass is 10.1. The number of carbonyl (C=O) groups is 1. The second-order valence-electron chi connectivity index (χ2n) is 2.69. The van der Waals surface area contributed by atoms with Crippen molar-refractivity contribution >= 4 is 53.8 Å². The van der Waals surface area contributed by atoms with Gasteiger partial charge in [0.15, 0.2) is 0 Å². The highest BCUT2D eigenvalue weighted by Gasteiger charge is 2.21. The standard InChI is InChI=1S/C8H5Br3O4/c9-4-2(1-3(12)13)7(14)5(10)6(11)8(4)15/h14-15H,1H2,(H,12,13). The molecule has 0 atom stereocenters. The molecule has 0 aliphatic rings. The van der Waals surface area contributed by atoms with Crippen molar-refractivity contribution in [1.82, 2.24) is 0 Å². The predicted molar refractivity (Wildman–Crippen MR) is 64.2 cm³/mol. The summed E-state index contributed by atoms with van der Waals surface area (Å²) in [6.07, 6.45) is -0.383. The number of hydrogen-bond acceptors (Lipinski definition) is 3. The first-order valence-electron chi connectivity index (χ1n) is 3.65. The lowest BCUT2D eigenvalue weighted by Gasteiger charge is -2.11. The molecule has 1 rings (SSSR count). The molecule has 82 valence electrons. The number of aliphatic carboxylic acids is 1. The summed E-state index contributed by atoms with van der Waals surface area (Å²) in [5.41, 5.74) is 0.120. The Bertz CT molecular complexity index is 401. The zero-order chi connectivity index (χ0) is 11.7. The summed E-state index contributed by atoms with van der Waals surface area (Å²) in [6.45, 7) is 0. The summed E-state index contributed by atoms with van der Waals surface area (Å²) in [7, 11) is 0. The molecule has 4 nitrogen and oxygen atoms in total. The molecule has 0 saturated heterocycles. The molecular formula is C8H5Br3O4. The molecule has 0 saturated carbocycles. The van der Waals surface area contributed by atoms with Crippen LogP contribution in [0.4, 0.5) is 0 Å². The lowest BCUT2D eigenvalue weighted by molar-refractivity contribution is -0.136. The van der Waals surface area contributed by atoms with Gasteiger partial charge in [0.1, 0.15) is 11.5 Å². The average Bonchev–Trinajstić information content (AvgIpc) is 2.18. The van der Waals surface area contributed by atoms with Gasteiger partial charge in [0.05, 0.1) is 19.8 Å². The van der Waals surface area contributed by atoms with Crippen LogP contribution in [0.15, 0.2) is 13.4 Å². The summed E-state index contributed by atoms with van der Waals surface area (Å²) in [5.74, 6) is -1.47. The fraction of sp³-hybridized carbons (Fsp3) is 0.125. The van der Waals surface area contributed by atoms with Crippen LogP contribution in [0.5, 0.6) is 11.5 Å². The minimum atomic E-state index is -1.10. The molecule has 0 aromatic heterocycles. The smallest absolute Gasteiger partial charge is 0.308 e. The fourth-order valence-corrected chi connectivity index (χ4v) is 2.60. The molecule has 0 aliphatic carbocycles. The summed E-state index contributed by atoms with van der Waals surface area (Å²) < 4.78 is 0.651. The number of benzene rings is 1. The van der Waals surface area contributed by atoms with E-state index in [1.807, 2.05) is 0 Å². The van der Waals surface area contributed by atoms with Crippen molar-refractivity contribution in [2.45, 2.75) is 6.42 Å². The maximum absolute atomic E-state index is 10.5. The van der Waals surface area contributed by atoms with Crippen LogP contribution in [0, 0.1) is 0 Å². The molecule has 0 spiro atoms. The van der Waals surface area contributed by atoms with Crippen LogP contribution in [0.25, 0.3) is 0 Å². The van der Waals surface area contributed by atoms with Gasteiger partial charge in [0.2, 0.25) is 0 Å². The van der Waals surface area contributed by atoms with Crippen LogP contribution >= 0.6 is 47.8 Å². The average molecular weight is 405 g/mol. The van der Waals surface area contributed by atoms with Crippen molar-refractivity contribution in [1.29, 1.82) is 0 Å². The van der Waals surface area contributed by atoms with Crippen LogP contribution in [-0.4, -0.2) is 21.3 Å². The highest BCUT2D eigenvalue weighted by atomic mass is 79.9. The number of rotatable bonds is 2. The normalized spacial score (nSPS) is 10.3. The van der Waals surface area contributed by atoms with E-state index in [4.69, 9.17) is 5.11 Å². The van der Waals surface area contributed by atoms with Gasteiger partial charge in [-0.25, -0.2) is 0 Å². The Morgan fingerprint density at radius 2 is 1.47 bits per heavy atom. The summed E-state index contributed by atoms with van der Waals surface area (Å²) in [4.78, 5) is 10.5. The van der Waals surface area contributed by atoms with Crippen molar-refractivity contribution in [3.05, 3.63) is 19.0 Å². The van der Waals surface area contributed by atoms with E-state index in [1.165, 1.54) is 0 Å². The van der Waals surface area contributed by atoms with Gasteiger partial charge in [0.25, 0.3) is 0 Å². The number of hydrogen-bond donors (Lipinski definition) is 3. The van der Waals surface area contributed by atoms with E-state index >= 15 is 0 Å². The van der Waals surface area contributed by atoms with E-state index in [-0.39, 0.29) is 36.9 Å². The fourth-order valence-electron chi connectivity index (χ4n) is 0.996. The number of carboxylic acids is 1. The second kappa shape index (κ2) is 4.71. The van der Waals surface area contributed by atoms with Crippen LogP contribution in [0.1, 0.15) is 5.56 Å². The molecule has 1 aromatic carbocycles. The monoisotopic (exact) mass is 402 g/mol. The molecule has 0 unspecified atom stereocenters. The molecule has 0 amide bonds. The predicted octanol–water partition coefficient (Wildman–Crippen LogP) is 3.01. The van der Waals surface area contributed by atoms with Gasteiger partial charge >= 0.3 is 5.97 Å². The third-order valence-electron chi connectivity index (χ3n) is 1.70. The SMILES string of the molecule is O=C(O)Cc1c(O)c(Br)c(Br)c(O)c1Br. The number of carboxylic acid groups (broad SMARTS) is 1. The number of phenolic OH excluding ortho intramolecular Hbond substituents is 2. The number of halogens is 3. The van der Waals surface area contributed by atoms with Crippen molar-refractivity contribution in [2.75, 3.05) is 0 Å². The maximum Gasteiger partial charge on any atom is 0.308 e. The van der Waals surface area contributed by atoms with Crippen LogP contribution in [-0.2, 0) is 11.2 Å². The Morgan fingerprint density at radius 1 is 1.00 bits per heavy atom. The Hall–Kier alpha value is -0.270. The van der Waals surface area contributed by atoms with Gasteiger partial charge in [0, 0.05) is 5.56 Å². The first-order chi connectivity index (χ1) is 6.86. The molecular weight excluding hydrogens is 400 g/mol. The Labute approximate surface area is 110 Å². The van der Waals surface area contributed by atoms with E-state index in [9.17, 15) is 15.0 Å². The van der Waals surface area contributed by atoms with Crippen LogP contribution in [0.2, 0.25) is 0 Å². The molecule has 0 bridgehead atoms. The first kappa shape index (κ1) is 12.8. The first-order valence-corrected chi connectivity index (χ1v) is 6.03. The largest absolute Gasteiger partial charge is 0.506 e. The van der Waals surface area contributed by atoms with Gasteiger partial charge in [-0.1, -0.05) is 0 Å². The highest BCUT2D eigenvalue weighted by molar-refractivity contribution is 9.13. The van der Waals surface area contributed by atoms with E-state index in [0.717, 1.165) is 0 Å².